The van der Waals surface area contributed by atoms with Crippen molar-refractivity contribution in [3.05, 3.63) is 58.7 Å². The summed E-state index contributed by atoms with van der Waals surface area (Å²) >= 11 is 0. The summed E-state index contributed by atoms with van der Waals surface area (Å²) in [6.07, 6.45) is 4.05. The van der Waals surface area contributed by atoms with E-state index in [1.807, 2.05) is 44.2 Å². The number of para-hydroxylation sites is 1. The summed E-state index contributed by atoms with van der Waals surface area (Å²) in [4.78, 5) is 23.2. The zero-order valence-electron chi connectivity index (χ0n) is 18.3. The van der Waals surface area contributed by atoms with Gasteiger partial charge in [-0.2, -0.15) is 10.2 Å². The molecule has 1 heterocycles. The van der Waals surface area contributed by atoms with Gasteiger partial charge in [-0.3, -0.25) is 15.0 Å². The number of hydrogen-bond donors (Lipinski definition) is 3. The van der Waals surface area contributed by atoms with Crippen LogP contribution in [0.1, 0.15) is 42.0 Å². The first-order valence-electron chi connectivity index (χ1n) is 10.3. The summed E-state index contributed by atoms with van der Waals surface area (Å²) in [5.74, 6) is -1.32. The van der Waals surface area contributed by atoms with E-state index in [4.69, 9.17) is 5.11 Å². The number of aromatic hydroxyl groups is 1. The number of carbonyl (C=O) groups is 2. The Bertz CT molecular complexity index is 1110. The van der Waals surface area contributed by atoms with Crippen molar-refractivity contribution in [2.24, 2.45) is 10.2 Å². The molecule has 166 valence electrons. The molecule has 8 heteroatoms. The first kappa shape index (κ1) is 22.7. The number of nitrogens with one attached hydrogen (secondary N) is 1. The number of hydrogen-bond acceptors (Lipinski definition) is 6. The van der Waals surface area contributed by atoms with E-state index in [0.717, 1.165) is 16.7 Å². The van der Waals surface area contributed by atoms with Crippen LogP contribution in [0.4, 0.5) is 5.69 Å². The highest BCUT2D eigenvalue weighted by molar-refractivity contribution is 6.68. The fourth-order valence-corrected chi connectivity index (χ4v) is 3.38. The maximum Gasteiger partial charge on any atom is 0.303 e. The molecule has 3 N–H and O–H groups in total. The monoisotopic (exact) mass is 434 g/mol. The van der Waals surface area contributed by atoms with Crippen molar-refractivity contribution >= 4 is 41.1 Å². The van der Waals surface area contributed by atoms with Gasteiger partial charge >= 0.3 is 5.97 Å². The highest BCUT2D eigenvalue weighted by Gasteiger charge is 2.29. The smallest absolute Gasteiger partial charge is 0.303 e. The van der Waals surface area contributed by atoms with Crippen LogP contribution in [-0.2, 0) is 9.59 Å². The van der Waals surface area contributed by atoms with Gasteiger partial charge in [0.1, 0.15) is 5.75 Å². The Kier molecular flexibility index (Phi) is 7.04. The fraction of sp³-hybridized carbons (Fsp3) is 0.250. The number of carbonyl (C=O) groups excluding carboxylic acids is 1. The van der Waals surface area contributed by atoms with E-state index >= 15 is 0 Å². The van der Waals surface area contributed by atoms with Crippen molar-refractivity contribution in [3.63, 3.8) is 0 Å². The highest BCUT2D eigenvalue weighted by atomic mass is 16.4. The van der Waals surface area contributed by atoms with Crippen LogP contribution < -0.4 is 5.43 Å². The summed E-state index contributed by atoms with van der Waals surface area (Å²) in [5, 5.41) is 28.9. The van der Waals surface area contributed by atoms with Crippen molar-refractivity contribution in [1.82, 2.24) is 5.01 Å². The van der Waals surface area contributed by atoms with Gasteiger partial charge in [0.2, 0.25) is 0 Å². The van der Waals surface area contributed by atoms with Gasteiger partial charge in [0.25, 0.3) is 5.91 Å². The number of aliphatic carboxylic acids is 1. The Morgan fingerprint density at radius 1 is 1.12 bits per heavy atom. The molecule has 0 saturated carbocycles. The van der Waals surface area contributed by atoms with Crippen molar-refractivity contribution in [1.29, 1.82) is 0 Å². The summed E-state index contributed by atoms with van der Waals surface area (Å²) in [6.45, 7) is 5.92. The lowest BCUT2D eigenvalue weighted by Gasteiger charge is -2.10. The van der Waals surface area contributed by atoms with Crippen molar-refractivity contribution in [2.45, 2.75) is 33.6 Å². The molecule has 0 aliphatic carbocycles. The lowest BCUT2D eigenvalue weighted by molar-refractivity contribution is -0.137. The van der Waals surface area contributed by atoms with Gasteiger partial charge in [0.15, 0.2) is 5.71 Å². The topological polar surface area (TPSA) is 115 Å². The van der Waals surface area contributed by atoms with Gasteiger partial charge in [-0.05, 0) is 49.9 Å². The first-order chi connectivity index (χ1) is 15.3. The van der Waals surface area contributed by atoms with Crippen LogP contribution in [0.3, 0.4) is 0 Å². The lowest BCUT2D eigenvalue weighted by Crippen LogP contribution is -2.29. The second-order valence-electron chi connectivity index (χ2n) is 7.57. The standard InChI is InChI=1S/C24H26N4O4/c1-15-7-4-8-16(2)19(15)13-12-18-9-5-10-20(23(18)31)25-26-22-17(3)27-28(24(22)32)14-6-11-21(29)30/h4-5,7-10,12-13,25,31H,6,11,14H2,1-3H3,(H,29,30)/b13-12+,26-22-. The van der Waals surface area contributed by atoms with Gasteiger partial charge < -0.3 is 10.2 Å². The number of aryl methyl sites for hydroxylation is 2. The van der Waals surface area contributed by atoms with Gasteiger partial charge in [0.05, 0.1) is 11.4 Å². The average molecular weight is 434 g/mol. The number of carboxylic acid groups (broad SMARTS) is 1. The molecule has 0 bridgehead atoms. The van der Waals surface area contributed by atoms with Crippen molar-refractivity contribution in [3.8, 4) is 5.75 Å². The first-order valence-corrected chi connectivity index (χ1v) is 10.3. The van der Waals surface area contributed by atoms with Crippen LogP contribution in [-0.4, -0.2) is 45.1 Å². The normalized spacial score (nSPS) is 15.0. The molecule has 1 amide bonds. The van der Waals surface area contributed by atoms with E-state index < -0.39 is 11.9 Å². The zero-order valence-corrected chi connectivity index (χ0v) is 18.3. The summed E-state index contributed by atoms with van der Waals surface area (Å²) in [5.41, 5.74) is 7.63. The third-order valence-corrected chi connectivity index (χ3v) is 5.14. The zero-order chi connectivity index (χ0) is 23.3. The molecule has 0 spiro atoms. The molecule has 0 fully saturated rings. The van der Waals surface area contributed by atoms with E-state index in [9.17, 15) is 14.7 Å². The molecule has 1 aliphatic heterocycles. The molecule has 32 heavy (non-hydrogen) atoms. The summed E-state index contributed by atoms with van der Waals surface area (Å²) in [7, 11) is 0. The minimum atomic E-state index is -0.921. The molecule has 0 aromatic heterocycles. The minimum Gasteiger partial charge on any atom is -0.505 e. The maximum atomic E-state index is 12.5. The number of benzene rings is 2. The number of nitrogens with zero attached hydrogens (tertiary/aromatic N) is 3. The minimum absolute atomic E-state index is 0.0117. The molecule has 2 aromatic carbocycles. The second kappa shape index (κ2) is 9.91. The van der Waals surface area contributed by atoms with E-state index in [-0.39, 0.29) is 24.4 Å². The number of anilines is 1. The Balaban J connectivity index is 1.74. The molecule has 2 aromatic rings. The van der Waals surface area contributed by atoms with E-state index in [0.29, 0.717) is 23.4 Å². The van der Waals surface area contributed by atoms with Crippen LogP contribution in [0.2, 0.25) is 0 Å². The Hall–Kier alpha value is -3.94. The number of amides is 1. The molecular formula is C24H26N4O4. The summed E-state index contributed by atoms with van der Waals surface area (Å²) < 4.78 is 0. The summed E-state index contributed by atoms with van der Waals surface area (Å²) in [6, 6.07) is 11.3. The number of rotatable bonds is 8. The van der Waals surface area contributed by atoms with Crippen LogP contribution >= 0.6 is 0 Å². The molecule has 8 nitrogen and oxygen atoms in total. The quantitative estimate of drug-likeness (QED) is 0.330. The number of phenols is 1. The molecule has 1 aliphatic rings. The predicted molar refractivity (Wildman–Crippen MR) is 126 cm³/mol. The lowest BCUT2D eigenvalue weighted by atomic mass is 10.0. The molecular weight excluding hydrogens is 408 g/mol. The van der Waals surface area contributed by atoms with Crippen LogP contribution in [0.15, 0.2) is 46.6 Å². The van der Waals surface area contributed by atoms with Crippen molar-refractivity contribution in [2.75, 3.05) is 12.0 Å². The molecule has 3 rings (SSSR count). The third-order valence-electron chi connectivity index (χ3n) is 5.14. The number of carboxylic acids is 1. The van der Waals surface area contributed by atoms with Gasteiger partial charge in [0, 0.05) is 18.5 Å². The largest absolute Gasteiger partial charge is 0.505 e. The van der Waals surface area contributed by atoms with E-state index in [1.165, 1.54) is 5.01 Å². The maximum absolute atomic E-state index is 12.5. The van der Waals surface area contributed by atoms with Gasteiger partial charge in [-0.15, -0.1) is 0 Å². The Morgan fingerprint density at radius 2 is 1.81 bits per heavy atom. The molecule has 0 atom stereocenters. The number of hydrazone groups is 2. The highest BCUT2D eigenvalue weighted by Crippen LogP contribution is 2.29. The predicted octanol–water partition coefficient (Wildman–Crippen LogP) is 4.03. The van der Waals surface area contributed by atoms with Crippen LogP contribution in [0.25, 0.3) is 12.2 Å². The number of phenolic OH excluding ortho intramolecular Hbond substituents is 1. The van der Waals surface area contributed by atoms with Crippen LogP contribution in [0, 0.1) is 13.8 Å². The van der Waals surface area contributed by atoms with Gasteiger partial charge in [-0.1, -0.05) is 42.5 Å². The Labute approximate surface area is 186 Å². The van der Waals surface area contributed by atoms with Crippen LogP contribution in [0.5, 0.6) is 5.75 Å². The molecule has 0 unspecified atom stereocenters. The third kappa shape index (κ3) is 5.21. The second-order valence-corrected chi connectivity index (χ2v) is 7.57. The average Bonchev–Trinajstić information content (AvgIpc) is 3.00. The van der Waals surface area contributed by atoms with Crippen molar-refractivity contribution < 1.29 is 19.8 Å². The molecule has 0 saturated heterocycles. The fourth-order valence-electron chi connectivity index (χ4n) is 3.38. The van der Waals surface area contributed by atoms with E-state index in [2.05, 4.69) is 15.6 Å². The van der Waals surface area contributed by atoms with E-state index in [1.54, 1.807) is 25.1 Å². The SMILES string of the molecule is CC1=NN(CCCC(=O)O)C(=O)/C1=N\Nc1cccc(/C=C/c2c(C)cccc2C)c1O. The van der Waals surface area contributed by atoms with Gasteiger partial charge in [-0.25, -0.2) is 5.01 Å². The Morgan fingerprint density at radius 3 is 2.50 bits per heavy atom. The molecule has 0 radical (unpaired) electrons.